The third-order valence-electron chi connectivity index (χ3n) is 10.5. The summed E-state index contributed by atoms with van der Waals surface area (Å²) in [5, 5.41) is 35.9. The van der Waals surface area contributed by atoms with Gasteiger partial charge in [0.25, 0.3) is 0 Å². The Morgan fingerprint density at radius 3 is 2.00 bits per heavy atom. The van der Waals surface area contributed by atoms with Crippen molar-refractivity contribution in [3.63, 3.8) is 0 Å². The Balaban J connectivity index is 1.63. The Kier molecular flexibility index (Phi) is 17.4. The first-order valence-corrected chi connectivity index (χ1v) is 20.2. The molecule has 16 nitrogen and oxygen atoms in total. The number of urea groups is 1. The number of aryl methyl sites for hydroxylation is 1. The number of benzene rings is 3. The smallest absolute Gasteiger partial charge is 0.326 e. The second-order valence-electron chi connectivity index (χ2n) is 15.4. The Bertz CT molecular complexity index is 1930. The Hall–Kier alpha value is -6.45. The van der Waals surface area contributed by atoms with E-state index >= 15 is 0 Å². The molecule has 1 aliphatic rings. The number of carboxylic acids is 1. The maximum absolute atomic E-state index is 14.2. The molecule has 0 aromatic heterocycles. The number of phenols is 1. The van der Waals surface area contributed by atoms with Crippen LogP contribution < -0.4 is 31.9 Å². The van der Waals surface area contributed by atoms with Crippen LogP contribution in [-0.4, -0.2) is 106 Å². The van der Waals surface area contributed by atoms with Crippen LogP contribution in [0.1, 0.15) is 63.1 Å². The summed E-state index contributed by atoms with van der Waals surface area (Å²) < 4.78 is 0. The fraction of sp³-hybridized carbons (Fsp3) is 0.432. The summed E-state index contributed by atoms with van der Waals surface area (Å²) in [5.41, 5.74) is 2.23. The molecule has 1 saturated heterocycles. The van der Waals surface area contributed by atoms with Crippen LogP contribution in [0.5, 0.6) is 5.75 Å². The minimum Gasteiger partial charge on any atom is -0.508 e. The number of aliphatic carboxylic acids is 1. The van der Waals surface area contributed by atoms with Crippen LogP contribution in [0.2, 0.25) is 0 Å². The summed E-state index contributed by atoms with van der Waals surface area (Å²) >= 11 is 0. The van der Waals surface area contributed by atoms with E-state index in [1.165, 1.54) is 31.0 Å². The molecule has 8 N–H and O–H groups in total. The van der Waals surface area contributed by atoms with Crippen molar-refractivity contribution in [1.29, 1.82) is 0 Å². The SMILES string of the molecule is CC(C)C1NC(=O)C(NC(=O)NC(Cc2ccccc2)C(=O)O)CCCCNC(=O)C(Cc2ccccc2)NC(=O)C(C)N(C)C(=O)C(CCc2ccc(O)cc2)NC1=O. The van der Waals surface area contributed by atoms with E-state index in [2.05, 4.69) is 31.9 Å². The fourth-order valence-corrected chi connectivity index (χ4v) is 6.73. The highest BCUT2D eigenvalue weighted by Gasteiger charge is 2.35. The van der Waals surface area contributed by atoms with Crippen molar-refractivity contribution >= 4 is 41.5 Å². The number of nitrogens with one attached hydrogen (secondary N) is 6. The average molecular weight is 828 g/mol. The van der Waals surface area contributed by atoms with Gasteiger partial charge in [-0.3, -0.25) is 24.0 Å². The first kappa shape index (κ1) is 46.2. The molecule has 3 aromatic rings. The molecule has 0 saturated carbocycles. The first-order valence-electron chi connectivity index (χ1n) is 20.2. The number of nitrogens with zero attached hydrogens (tertiary/aromatic N) is 1. The summed E-state index contributed by atoms with van der Waals surface area (Å²) in [4.78, 5) is 96.2. The number of carbonyl (C=O) groups excluding carboxylic acids is 6. The van der Waals surface area contributed by atoms with E-state index < -0.39 is 83.7 Å². The van der Waals surface area contributed by atoms with Crippen LogP contribution in [0.25, 0.3) is 0 Å². The third kappa shape index (κ3) is 14.1. The molecule has 0 aliphatic carbocycles. The number of phenolic OH excluding ortho intramolecular Hbond substituents is 1. The van der Waals surface area contributed by atoms with Crippen LogP contribution in [-0.2, 0) is 48.0 Å². The highest BCUT2D eigenvalue weighted by Crippen LogP contribution is 2.15. The lowest BCUT2D eigenvalue weighted by molar-refractivity contribution is -0.142. The third-order valence-corrected chi connectivity index (χ3v) is 10.5. The standard InChI is InChI=1S/C44H57N7O9/c1-27(2)37-41(56)46-34(23-20-29-18-21-32(52)22-19-29)42(57)51(4)28(3)38(53)47-35(25-30-13-7-5-8-14-30)39(54)45-24-12-11-17-33(40(55)50-37)48-44(60)49-36(43(58)59)26-31-15-9-6-10-16-31/h5-10,13-16,18-19,21-22,27-28,33-37,52H,11-12,17,20,23-26H2,1-4H3,(H,45,54)(H,46,56)(H,47,53)(H,50,55)(H,58,59)(H2,48,49,60). The summed E-state index contributed by atoms with van der Waals surface area (Å²) in [6.45, 7) is 5.09. The fourth-order valence-electron chi connectivity index (χ4n) is 6.73. The van der Waals surface area contributed by atoms with Gasteiger partial charge in [-0.1, -0.05) is 86.6 Å². The van der Waals surface area contributed by atoms with E-state index in [0.717, 1.165) is 11.1 Å². The molecule has 6 atom stereocenters. The molecule has 3 aromatic carbocycles. The molecule has 16 heteroatoms. The Morgan fingerprint density at radius 1 is 0.767 bits per heavy atom. The number of likely N-dealkylation sites (N-methyl/N-ethyl adjacent to an activating group) is 1. The van der Waals surface area contributed by atoms with Gasteiger partial charge < -0.3 is 47.0 Å². The summed E-state index contributed by atoms with van der Waals surface area (Å²) in [6.07, 6.45) is 1.26. The van der Waals surface area contributed by atoms with Crippen molar-refractivity contribution in [2.24, 2.45) is 5.92 Å². The largest absolute Gasteiger partial charge is 0.508 e. The van der Waals surface area contributed by atoms with Gasteiger partial charge in [0.2, 0.25) is 29.5 Å². The van der Waals surface area contributed by atoms with E-state index in [1.807, 2.05) is 30.3 Å². The Labute approximate surface area is 350 Å². The van der Waals surface area contributed by atoms with Gasteiger partial charge in [0, 0.05) is 26.4 Å². The van der Waals surface area contributed by atoms with Crippen molar-refractivity contribution in [2.45, 2.75) is 102 Å². The van der Waals surface area contributed by atoms with Crippen molar-refractivity contribution < 1.29 is 43.8 Å². The molecular weight excluding hydrogens is 771 g/mol. The predicted octanol–water partition coefficient (Wildman–Crippen LogP) is 2.19. The van der Waals surface area contributed by atoms with Gasteiger partial charge in [0.1, 0.15) is 42.0 Å². The van der Waals surface area contributed by atoms with Crippen LogP contribution in [0, 0.1) is 5.92 Å². The zero-order valence-electron chi connectivity index (χ0n) is 34.5. The molecular formula is C44H57N7O9. The number of aromatic hydroxyl groups is 1. The van der Waals surface area contributed by atoms with Crippen LogP contribution >= 0.6 is 0 Å². The molecule has 322 valence electrons. The molecule has 1 aliphatic heterocycles. The molecule has 6 unspecified atom stereocenters. The second-order valence-corrected chi connectivity index (χ2v) is 15.4. The van der Waals surface area contributed by atoms with E-state index in [9.17, 15) is 43.8 Å². The first-order chi connectivity index (χ1) is 28.6. The van der Waals surface area contributed by atoms with Crippen LogP contribution in [0.3, 0.4) is 0 Å². The second kappa shape index (κ2) is 22.6. The van der Waals surface area contributed by atoms with Crippen LogP contribution in [0.15, 0.2) is 84.9 Å². The van der Waals surface area contributed by atoms with Crippen LogP contribution in [0.4, 0.5) is 4.79 Å². The summed E-state index contributed by atoms with van der Waals surface area (Å²) in [6, 6.07) is 16.4. The molecule has 60 heavy (non-hydrogen) atoms. The molecule has 0 bridgehead atoms. The zero-order valence-corrected chi connectivity index (χ0v) is 34.5. The van der Waals surface area contributed by atoms with Gasteiger partial charge in [-0.2, -0.15) is 0 Å². The molecule has 7 amide bonds. The molecule has 0 radical (unpaired) electrons. The number of carboxylic acid groups (broad SMARTS) is 1. The topological polar surface area (TPSA) is 235 Å². The number of rotatable bonds is 11. The molecule has 0 spiro atoms. The van der Waals surface area contributed by atoms with Gasteiger partial charge in [-0.05, 0) is 73.8 Å². The normalized spacial score (nSPS) is 21.9. The van der Waals surface area contributed by atoms with Crippen molar-refractivity contribution in [3.05, 3.63) is 102 Å². The zero-order chi connectivity index (χ0) is 43.8. The highest BCUT2D eigenvalue weighted by molar-refractivity contribution is 5.96. The van der Waals surface area contributed by atoms with E-state index in [4.69, 9.17) is 0 Å². The lowest BCUT2D eigenvalue weighted by Gasteiger charge is -2.31. The minimum atomic E-state index is -1.32. The maximum Gasteiger partial charge on any atom is 0.326 e. The summed E-state index contributed by atoms with van der Waals surface area (Å²) in [7, 11) is 1.43. The lowest BCUT2D eigenvalue weighted by Crippen LogP contribution is -2.60. The molecule has 1 fully saturated rings. The van der Waals surface area contributed by atoms with Gasteiger partial charge in [-0.15, -0.1) is 0 Å². The quantitative estimate of drug-likeness (QED) is 0.141. The monoisotopic (exact) mass is 827 g/mol. The predicted molar refractivity (Wildman–Crippen MR) is 223 cm³/mol. The number of carbonyl (C=O) groups is 7. The molecule has 1 heterocycles. The van der Waals surface area contributed by atoms with E-state index in [0.29, 0.717) is 24.8 Å². The maximum atomic E-state index is 14.2. The van der Waals surface area contributed by atoms with Crippen molar-refractivity contribution in [3.8, 4) is 5.75 Å². The number of amides is 7. The molecule has 4 rings (SSSR count). The van der Waals surface area contributed by atoms with E-state index in [1.54, 1.807) is 56.3 Å². The van der Waals surface area contributed by atoms with Gasteiger partial charge in [0.15, 0.2) is 0 Å². The number of hydrogen-bond acceptors (Lipinski definition) is 8. The Morgan fingerprint density at radius 2 is 1.38 bits per heavy atom. The van der Waals surface area contributed by atoms with Gasteiger partial charge in [0.05, 0.1) is 0 Å². The van der Waals surface area contributed by atoms with Gasteiger partial charge >= 0.3 is 12.0 Å². The van der Waals surface area contributed by atoms with Crippen molar-refractivity contribution in [2.75, 3.05) is 13.6 Å². The van der Waals surface area contributed by atoms with Crippen molar-refractivity contribution in [1.82, 2.24) is 36.8 Å². The lowest BCUT2D eigenvalue weighted by atomic mass is 9.99. The average Bonchev–Trinajstić information content (AvgIpc) is 3.22. The van der Waals surface area contributed by atoms with Gasteiger partial charge in [-0.25, -0.2) is 9.59 Å². The number of hydrogen-bond donors (Lipinski definition) is 8. The summed E-state index contributed by atoms with van der Waals surface area (Å²) in [5.74, 6) is -4.75. The van der Waals surface area contributed by atoms with E-state index in [-0.39, 0.29) is 38.0 Å². The highest BCUT2D eigenvalue weighted by atomic mass is 16.4. The minimum absolute atomic E-state index is 0.0118.